The van der Waals surface area contributed by atoms with Crippen molar-refractivity contribution in [3.63, 3.8) is 0 Å². The highest BCUT2D eigenvalue weighted by Crippen LogP contribution is 2.44. The molecule has 1 aliphatic carbocycles. The molecule has 0 saturated heterocycles. The van der Waals surface area contributed by atoms with E-state index in [2.05, 4.69) is 39.9 Å². The van der Waals surface area contributed by atoms with Gasteiger partial charge in [0.05, 0.1) is 0 Å². The molecule has 1 aliphatic rings. The zero-order valence-electron chi connectivity index (χ0n) is 11.3. The summed E-state index contributed by atoms with van der Waals surface area (Å²) in [6.07, 6.45) is 5.65. The van der Waals surface area contributed by atoms with Gasteiger partial charge in [-0.3, -0.25) is 0 Å². The van der Waals surface area contributed by atoms with Crippen molar-refractivity contribution < 1.29 is 0 Å². The molecule has 90 valence electrons. The normalized spacial score (nSPS) is 33.0. The molecule has 0 amide bonds. The quantitative estimate of drug-likeness (QED) is 0.748. The van der Waals surface area contributed by atoms with E-state index in [1.807, 2.05) is 0 Å². The first-order valence-corrected chi connectivity index (χ1v) is 6.58. The first kappa shape index (κ1) is 13.0. The van der Waals surface area contributed by atoms with Crippen LogP contribution >= 0.6 is 0 Å². The van der Waals surface area contributed by atoms with Crippen LogP contribution in [-0.2, 0) is 0 Å². The highest BCUT2D eigenvalue weighted by molar-refractivity contribution is 4.87. The van der Waals surface area contributed by atoms with Crippen molar-refractivity contribution in [3.05, 3.63) is 0 Å². The molecule has 1 heteroatoms. The summed E-state index contributed by atoms with van der Waals surface area (Å²) in [5, 5.41) is 3.51. The second-order valence-corrected chi connectivity index (χ2v) is 6.73. The lowest BCUT2D eigenvalue weighted by atomic mass is 9.65. The van der Waals surface area contributed by atoms with Crippen LogP contribution in [0.25, 0.3) is 0 Å². The molecule has 0 bridgehead atoms. The minimum absolute atomic E-state index is 0.513. The molecule has 0 atom stereocenters. The zero-order valence-corrected chi connectivity index (χ0v) is 11.3. The fourth-order valence-electron chi connectivity index (χ4n) is 2.78. The van der Waals surface area contributed by atoms with Gasteiger partial charge in [-0.1, -0.05) is 34.6 Å². The summed E-state index contributed by atoms with van der Waals surface area (Å²) in [4.78, 5) is 0. The fourth-order valence-corrected chi connectivity index (χ4v) is 2.78. The Morgan fingerprint density at radius 2 is 1.73 bits per heavy atom. The lowest BCUT2D eigenvalue weighted by Gasteiger charge is -2.42. The molecule has 15 heavy (non-hydrogen) atoms. The largest absolute Gasteiger partial charge is 0.316 e. The van der Waals surface area contributed by atoms with E-state index in [1.165, 1.54) is 32.2 Å². The summed E-state index contributed by atoms with van der Waals surface area (Å²) >= 11 is 0. The van der Waals surface area contributed by atoms with Gasteiger partial charge in [-0.15, -0.1) is 0 Å². The van der Waals surface area contributed by atoms with Gasteiger partial charge in [-0.05, 0) is 49.0 Å². The lowest BCUT2D eigenvalue weighted by Crippen LogP contribution is -2.37. The van der Waals surface area contributed by atoms with Crippen LogP contribution in [0.15, 0.2) is 0 Å². The Bertz CT molecular complexity index is 182. The van der Waals surface area contributed by atoms with Gasteiger partial charge in [0.2, 0.25) is 0 Å². The molecule has 0 aromatic heterocycles. The van der Waals surface area contributed by atoms with E-state index < -0.39 is 0 Å². The van der Waals surface area contributed by atoms with Crippen LogP contribution in [-0.4, -0.2) is 13.1 Å². The molecule has 0 aromatic rings. The highest BCUT2D eigenvalue weighted by atomic mass is 14.9. The molecular formula is C14H29N. The summed E-state index contributed by atoms with van der Waals surface area (Å²) in [6, 6.07) is 0. The zero-order chi connectivity index (χ0) is 11.5. The van der Waals surface area contributed by atoms with Crippen molar-refractivity contribution in [2.75, 3.05) is 13.1 Å². The van der Waals surface area contributed by atoms with E-state index in [0.717, 1.165) is 12.5 Å². The number of hydrogen-bond acceptors (Lipinski definition) is 1. The van der Waals surface area contributed by atoms with Crippen molar-refractivity contribution in [1.29, 1.82) is 0 Å². The van der Waals surface area contributed by atoms with Crippen molar-refractivity contribution in [1.82, 2.24) is 5.32 Å². The number of nitrogens with one attached hydrogen (secondary N) is 1. The minimum Gasteiger partial charge on any atom is -0.316 e. The second kappa shape index (κ2) is 4.86. The van der Waals surface area contributed by atoms with E-state index in [9.17, 15) is 0 Å². The van der Waals surface area contributed by atoms with Crippen molar-refractivity contribution in [2.45, 2.75) is 60.3 Å². The van der Waals surface area contributed by atoms with Crippen LogP contribution < -0.4 is 5.32 Å². The average molecular weight is 211 g/mol. The maximum atomic E-state index is 3.51. The SMILES string of the molecule is CCNCC1(C)CCC(C(C)(C)C)CC1. The average Bonchev–Trinajstić information content (AvgIpc) is 2.14. The molecule has 0 unspecified atom stereocenters. The van der Waals surface area contributed by atoms with Gasteiger partial charge in [-0.2, -0.15) is 0 Å². The summed E-state index contributed by atoms with van der Waals surface area (Å²) in [5.74, 6) is 0.937. The van der Waals surface area contributed by atoms with E-state index in [-0.39, 0.29) is 0 Å². The van der Waals surface area contributed by atoms with Crippen LogP contribution in [0.4, 0.5) is 0 Å². The maximum Gasteiger partial charge on any atom is 0.000505 e. The summed E-state index contributed by atoms with van der Waals surface area (Å²) < 4.78 is 0. The maximum absolute atomic E-state index is 3.51. The monoisotopic (exact) mass is 211 g/mol. The molecule has 0 spiro atoms. The Hall–Kier alpha value is -0.0400. The Morgan fingerprint density at radius 1 is 1.20 bits per heavy atom. The van der Waals surface area contributed by atoms with Crippen LogP contribution in [0.3, 0.4) is 0 Å². The van der Waals surface area contributed by atoms with Crippen LogP contribution in [0.2, 0.25) is 0 Å². The Kier molecular flexibility index (Phi) is 4.22. The Morgan fingerprint density at radius 3 is 2.13 bits per heavy atom. The molecule has 0 aromatic carbocycles. The van der Waals surface area contributed by atoms with Gasteiger partial charge in [0.25, 0.3) is 0 Å². The van der Waals surface area contributed by atoms with Crippen molar-refractivity contribution >= 4 is 0 Å². The predicted octanol–water partition coefficient (Wildman–Crippen LogP) is 3.84. The van der Waals surface area contributed by atoms with E-state index in [4.69, 9.17) is 0 Å². The van der Waals surface area contributed by atoms with E-state index in [1.54, 1.807) is 0 Å². The smallest absolute Gasteiger partial charge is 0.000505 e. The molecule has 1 fully saturated rings. The van der Waals surface area contributed by atoms with Gasteiger partial charge in [0.15, 0.2) is 0 Å². The number of rotatable bonds is 3. The number of hydrogen-bond donors (Lipinski definition) is 1. The molecule has 1 saturated carbocycles. The Balaban J connectivity index is 2.41. The summed E-state index contributed by atoms with van der Waals surface area (Å²) in [7, 11) is 0. The topological polar surface area (TPSA) is 12.0 Å². The third-order valence-corrected chi connectivity index (χ3v) is 4.22. The summed E-state index contributed by atoms with van der Waals surface area (Å²) in [5.41, 5.74) is 1.08. The molecule has 0 aliphatic heterocycles. The van der Waals surface area contributed by atoms with Crippen LogP contribution in [0, 0.1) is 16.7 Å². The predicted molar refractivity (Wildman–Crippen MR) is 68.1 cm³/mol. The highest BCUT2D eigenvalue weighted by Gasteiger charge is 2.35. The third kappa shape index (κ3) is 3.79. The first-order chi connectivity index (χ1) is 6.87. The van der Waals surface area contributed by atoms with Crippen LogP contribution in [0.1, 0.15) is 60.3 Å². The molecule has 0 radical (unpaired) electrons. The first-order valence-electron chi connectivity index (χ1n) is 6.58. The van der Waals surface area contributed by atoms with E-state index >= 15 is 0 Å². The molecular weight excluding hydrogens is 182 g/mol. The van der Waals surface area contributed by atoms with E-state index in [0.29, 0.717) is 10.8 Å². The molecule has 1 rings (SSSR count). The molecule has 1 nitrogen and oxygen atoms in total. The van der Waals surface area contributed by atoms with Gasteiger partial charge >= 0.3 is 0 Å². The van der Waals surface area contributed by atoms with Crippen molar-refractivity contribution in [2.24, 2.45) is 16.7 Å². The van der Waals surface area contributed by atoms with Gasteiger partial charge < -0.3 is 5.32 Å². The minimum atomic E-state index is 0.513. The second-order valence-electron chi connectivity index (χ2n) is 6.73. The molecule has 0 heterocycles. The van der Waals surface area contributed by atoms with Gasteiger partial charge in [0, 0.05) is 6.54 Å². The standard InChI is InChI=1S/C14H29N/c1-6-15-11-14(5)9-7-12(8-10-14)13(2,3)4/h12,15H,6-11H2,1-5H3. The van der Waals surface area contributed by atoms with Crippen molar-refractivity contribution in [3.8, 4) is 0 Å². The Labute approximate surface area is 96.0 Å². The third-order valence-electron chi connectivity index (χ3n) is 4.22. The van der Waals surface area contributed by atoms with Crippen LogP contribution in [0.5, 0.6) is 0 Å². The molecule has 1 N–H and O–H groups in total. The van der Waals surface area contributed by atoms with Gasteiger partial charge in [-0.25, -0.2) is 0 Å². The lowest BCUT2D eigenvalue weighted by molar-refractivity contribution is 0.0991. The van der Waals surface area contributed by atoms with Gasteiger partial charge in [0.1, 0.15) is 0 Å². The fraction of sp³-hybridized carbons (Fsp3) is 1.00. The summed E-state index contributed by atoms with van der Waals surface area (Å²) in [6.45, 7) is 14.1.